The number of hydrogen-bond acceptors (Lipinski definition) is 3. The molecule has 3 nitrogen and oxygen atoms in total. The Morgan fingerprint density at radius 3 is 2.29 bits per heavy atom. The Morgan fingerprint density at radius 2 is 1.75 bits per heavy atom. The first-order valence-electron chi connectivity index (χ1n) is 10.6. The zero-order valence-electron chi connectivity index (χ0n) is 18.3. The number of benzene rings is 1. The summed E-state index contributed by atoms with van der Waals surface area (Å²) < 4.78 is 0. The van der Waals surface area contributed by atoms with Crippen molar-refractivity contribution in [3.63, 3.8) is 0 Å². The third kappa shape index (κ3) is 9.27. The summed E-state index contributed by atoms with van der Waals surface area (Å²) in [5.74, 6) is 1.31. The van der Waals surface area contributed by atoms with Crippen LogP contribution in [0.3, 0.4) is 0 Å². The van der Waals surface area contributed by atoms with E-state index in [0.717, 1.165) is 12.8 Å². The van der Waals surface area contributed by atoms with Crippen molar-refractivity contribution in [1.29, 1.82) is 0 Å². The summed E-state index contributed by atoms with van der Waals surface area (Å²) in [4.78, 5) is 13.0. The Morgan fingerprint density at radius 1 is 1.07 bits per heavy atom. The molecule has 0 saturated heterocycles. The van der Waals surface area contributed by atoms with E-state index in [-0.39, 0.29) is 0 Å². The van der Waals surface area contributed by atoms with Crippen LogP contribution in [0.2, 0.25) is 0 Å². The van der Waals surface area contributed by atoms with Gasteiger partial charge >= 0.3 is 0 Å². The first kappa shape index (κ1) is 24.0. The summed E-state index contributed by atoms with van der Waals surface area (Å²) in [6.07, 6.45) is 9.53. The van der Waals surface area contributed by atoms with Gasteiger partial charge in [0.1, 0.15) is 6.29 Å². The van der Waals surface area contributed by atoms with Gasteiger partial charge in [-0.3, -0.25) is 4.98 Å². The van der Waals surface area contributed by atoms with E-state index < -0.39 is 0 Å². The van der Waals surface area contributed by atoms with E-state index in [1.807, 2.05) is 18.5 Å². The molecule has 28 heavy (non-hydrogen) atoms. The Kier molecular flexibility index (Phi) is 12.1. The molecule has 1 N–H and O–H groups in total. The van der Waals surface area contributed by atoms with Crippen molar-refractivity contribution >= 4 is 6.29 Å². The van der Waals surface area contributed by atoms with E-state index in [1.165, 1.54) is 49.3 Å². The number of aryl methyl sites for hydroxylation is 1. The van der Waals surface area contributed by atoms with E-state index in [4.69, 9.17) is 4.79 Å². The minimum absolute atomic E-state index is 0.546. The van der Waals surface area contributed by atoms with Crippen molar-refractivity contribution in [3.05, 3.63) is 65.5 Å². The molecule has 0 radical (unpaired) electrons. The molecule has 0 aliphatic rings. The second-order valence-electron chi connectivity index (χ2n) is 7.80. The molecule has 0 aliphatic carbocycles. The average molecular weight is 383 g/mol. The number of nitrogens with one attached hydrogen (secondary N) is 1. The Hall–Kier alpha value is -2.00. The fourth-order valence-electron chi connectivity index (χ4n) is 3.47. The van der Waals surface area contributed by atoms with Crippen LogP contribution in [0.1, 0.15) is 76.0 Å². The lowest BCUT2D eigenvalue weighted by atomic mass is 9.86. The second-order valence-corrected chi connectivity index (χ2v) is 7.80. The maximum Gasteiger partial charge on any atom is 0.116 e. The van der Waals surface area contributed by atoms with E-state index in [2.05, 4.69) is 68.3 Å². The highest BCUT2D eigenvalue weighted by Gasteiger charge is 2.17. The fourth-order valence-corrected chi connectivity index (χ4v) is 3.47. The zero-order chi connectivity index (χ0) is 20.8. The number of carbonyl (C=O) groups is 1. The summed E-state index contributed by atoms with van der Waals surface area (Å²) >= 11 is 0. The van der Waals surface area contributed by atoms with Gasteiger partial charge in [0.25, 0.3) is 0 Å². The van der Waals surface area contributed by atoms with Gasteiger partial charge in [0, 0.05) is 25.0 Å². The van der Waals surface area contributed by atoms with Gasteiger partial charge in [-0.1, -0.05) is 63.1 Å². The van der Waals surface area contributed by atoms with Crippen molar-refractivity contribution in [2.75, 3.05) is 0 Å². The maximum absolute atomic E-state index is 8.81. The van der Waals surface area contributed by atoms with Gasteiger partial charge in [-0.15, -0.1) is 0 Å². The highest BCUT2D eigenvalue weighted by atomic mass is 16.1. The molecule has 2 unspecified atom stereocenters. The number of hydrogen-bond donors (Lipinski definition) is 1. The first-order chi connectivity index (χ1) is 13.5. The van der Waals surface area contributed by atoms with Crippen LogP contribution < -0.4 is 5.32 Å². The molecule has 2 rings (SSSR count). The Bertz CT molecular complexity index is 637. The zero-order valence-corrected chi connectivity index (χ0v) is 18.3. The molecule has 2 aromatic rings. The third-order valence-electron chi connectivity index (χ3n) is 5.11. The van der Waals surface area contributed by atoms with E-state index in [1.54, 1.807) is 0 Å². The lowest BCUT2D eigenvalue weighted by Crippen LogP contribution is -2.33. The standard InChI is InChI=1S/C23H34N2.C2H4O/c1-5-7-21(22-11-9-19(4)10-12-22)13-14-23(18(2)3)25-17-20-8-6-15-24-16-20;1-2-3/h6,8-12,15-16,18,21,23,25H,5,7,13-14,17H2,1-4H3;2H,1H3. The number of aromatic nitrogens is 1. The van der Waals surface area contributed by atoms with E-state index in [9.17, 15) is 0 Å². The lowest BCUT2D eigenvalue weighted by Gasteiger charge is -2.25. The molecular weight excluding hydrogens is 344 g/mol. The highest BCUT2D eigenvalue weighted by molar-refractivity contribution is 5.44. The molecule has 0 aliphatic heterocycles. The Balaban J connectivity index is 0.00000122. The number of rotatable bonds is 10. The molecule has 0 saturated carbocycles. The van der Waals surface area contributed by atoms with Gasteiger partial charge in [-0.05, 0) is 62.1 Å². The lowest BCUT2D eigenvalue weighted by molar-refractivity contribution is -0.106. The minimum atomic E-state index is 0.546. The van der Waals surface area contributed by atoms with Crippen molar-refractivity contribution in [2.24, 2.45) is 5.92 Å². The Labute approximate surface area is 172 Å². The predicted octanol–water partition coefficient (Wildman–Crippen LogP) is 6.07. The van der Waals surface area contributed by atoms with Crippen LogP contribution in [0.25, 0.3) is 0 Å². The van der Waals surface area contributed by atoms with Crippen molar-refractivity contribution in [2.45, 2.75) is 78.8 Å². The molecule has 0 fully saturated rings. The highest BCUT2D eigenvalue weighted by Crippen LogP contribution is 2.28. The van der Waals surface area contributed by atoms with Crippen LogP contribution in [0.15, 0.2) is 48.8 Å². The quantitative estimate of drug-likeness (QED) is 0.507. The van der Waals surface area contributed by atoms with Gasteiger partial charge in [0.2, 0.25) is 0 Å². The SMILES string of the molecule is CC=O.CCCC(CCC(NCc1cccnc1)C(C)C)c1ccc(C)cc1. The van der Waals surface area contributed by atoms with Crippen molar-refractivity contribution in [1.82, 2.24) is 10.3 Å². The molecule has 3 heteroatoms. The minimum Gasteiger partial charge on any atom is -0.310 e. The molecular formula is C25H38N2O. The number of carbonyl (C=O) groups excluding carboxylic acids is 1. The van der Waals surface area contributed by atoms with Crippen LogP contribution in [0, 0.1) is 12.8 Å². The van der Waals surface area contributed by atoms with Gasteiger partial charge in [-0.25, -0.2) is 0 Å². The smallest absolute Gasteiger partial charge is 0.116 e. The molecule has 0 bridgehead atoms. The first-order valence-corrected chi connectivity index (χ1v) is 10.6. The van der Waals surface area contributed by atoms with Crippen LogP contribution in [-0.4, -0.2) is 17.3 Å². The summed E-state index contributed by atoms with van der Waals surface area (Å²) in [6.45, 7) is 11.4. The van der Waals surface area contributed by atoms with Crippen LogP contribution in [0.4, 0.5) is 0 Å². The summed E-state index contributed by atoms with van der Waals surface area (Å²) in [7, 11) is 0. The summed E-state index contributed by atoms with van der Waals surface area (Å²) in [5.41, 5.74) is 4.11. The molecule has 154 valence electrons. The fraction of sp³-hybridized carbons (Fsp3) is 0.520. The maximum atomic E-state index is 8.81. The van der Waals surface area contributed by atoms with Crippen LogP contribution in [0.5, 0.6) is 0 Å². The van der Waals surface area contributed by atoms with Gasteiger partial charge in [-0.2, -0.15) is 0 Å². The predicted molar refractivity (Wildman–Crippen MR) is 120 cm³/mol. The molecule has 1 aromatic heterocycles. The molecule has 1 aromatic carbocycles. The van der Waals surface area contributed by atoms with E-state index >= 15 is 0 Å². The second kappa shape index (κ2) is 14.1. The van der Waals surface area contributed by atoms with Crippen molar-refractivity contribution in [3.8, 4) is 0 Å². The van der Waals surface area contributed by atoms with Crippen LogP contribution in [-0.2, 0) is 11.3 Å². The average Bonchev–Trinajstić information content (AvgIpc) is 2.69. The van der Waals surface area contributed by atoms with Gasteiger partial charge in [0.15, 0.2) is 0 Å². The normalized spacial score (nSPS) is 12.8. The third-order valence-corrected chi connectivity index (χ3v) is 5.11. The summed E-state index contributed by atoms with van der Waals surface area (Å²) in [5, 5.41) is 3.75. The molecule has 1 heterocycles. The number of pyridine rings is 1. The molecule has 2 atom stereocenters. The largest absolute Gasteiger partial charge is 0.310 e. The number of nitrogens with zero attached hydrogens (tertiary/aromatic N) is 1. The molecule has 0 spiro atoms. The topological polar surface area (TPSA) is 42.0 Å². The van der Waals surface area contributed by atoms with Gasteiger partial charge < -0.3 is 10.1 Å². The van der Waals surface area contributed by atoms with Gasteiger partial charge in [0.05, 0.1) is 0 Å². The van der Waals surface area contributed by atoms with Crippen molar-refractivity contribution < 1.29 is 4.79 Å². The molecule has 0 amide bonds. The monoisotopic (exact) mass is 382 g/mol. The van der Waals surface area contributed by atoms with E-state index in [0.29, 0.717) is 17.9 Å². The van der Waals surface area contributed by atoms with Crippen LogP contribution >= 0.6 is 0 Å². The number of aldehydes is 1. The summed E-state index contributed by atoms with van der Waals surface area (Å²) in [6, 6.07) is 13.8.